The van der Waals surface area contributed by atoms with Gasteiger partial charge in [-0.25, -0.2) is 0 Å². The Balaban J connectivity index is 1.70. The Morgan fingerprint density at radius 3 is 2.42 bits per heavy atom. The summed E-state index contributed by atoms with van der Waals surface area (Å²) >= 11 is 0. The van der Waals surface area contributed by atoms with Crippen molar-refractivity contribution in [1.82, 2.24) is 10.2 Å². The summed E-state index contributed by atoms with van der Waals surface area (Å²) in [5.41, 5.74) is 8.69. The molecule has 0 saturated carbocycles. The number of aromatic amines is 1. The third-order valence-electron chi connectivity index (χ3n) is 6.63. The van der Waals surface area contributed by atoms with Crippen molar-refractivity contribution in [3.05, 3.63) is 82.1 Å². The van der Waals surface area contributed by atoms with Gasteiger partial charge in [0.15, 0.2) is 11.6 Å². The van der Waals surface area contributed by atoms with Gasteiger partial charge in [0.2, 0.25) is 0 Å². The van der Waals surface area contributed by atoms with E-state index in [4.69, 9.17) is 0 Å². The van der Waals surface area contributed by atoms with Crippen molar-refractivity contribution in [2.24, 2.45) is 5.41 Å². The fourth-order valence-electron chi connectivity index (χ4n) is 5.01. The lowest BCUT2D eigenvalue weighted by molar-refractivity contribution is -0.118. The largest absolute Gasteiger partial charge is 0.342 e. The van der Waals surface area contributed by atoms with Gasteiger partial charge in [-0.1, -0.05) is 74.9 Å². The lowest BCUT2D eigenvalue weighted by Gasteiger charge is -2.38. The van der Waals surface area contributed by atoms with Gasteiger partial charge in [-0.15, -0.1) is 0 Å². The molecule has 2 aliphatic rings. The van der Waals surface area contributed by atoms with E-state index in [0.717, 1.165) is 52.3 Å². The summed E-state index contributed by atoms with van der Waals surface area (Å²) in [5, 5.41) is 11.5. The first-order chi connectivity index (χ1) is 14.9. The minimum atomic E-state index is -0.116. The van der Waals surface area contributed by atoms with Crippen molar-refractivity contribution in [3.63, 3.8) is 0 Å². The number of fused-ring (bicyclic) bond motifs is 1. The third kappa shape index (κ3) is 3.40. The maximum atomic E-state index is 13.4. The quantitative estimate of drug-likeness (QED) is 0.543. The smallest absolute Gasteiger partial charge is 0.162 e. The summed E-state index contributed by atoms with van der Waals surface area (Å²) in [6.45, 7) is 8.58. The minimum Gasteiger partial charge on any atom is -0.342 e. The number of aryl methyl sites for hydroxylation is 2. The van der Waals surface area contributed by atoms with Crippen LogP contribution in [0, 0.1) is 12.3 Å². The Morgan fingerprint density at radius 1 is 1.03 bits per heavy atom. The molecule has 4 heteroatoms. The summed E-state index contributed by atoms with van der Waals surface area (Å²) in [5.74, 6) is 0.961. The number of hydrogen-bond acceptors (Lipinski definition) is 3. The van der Waals surface area contributed by atoms with Crippen LogP contribution in [0.1, 0.15) is 61.8 Å². The van der Waals surface area contributed by atoms with E-state index in [1.54, 1.807) is 0 Å². The standard InChI is InChI=1S/C27H29N3O/c1-5-17-8-12-19(13-9-17)25-24-22(18-10-6-16(2)7-11-18)23-20(28-26(24)30-29-25)14-27(3,4)15-21(23)31/h6-13,22H,5,14-15H2,1-4H3,(H2,28,29,30). The van der Waals surface area contributed by atoms with E-state index in [9.17, 15) is 4.79 Å². The van der Waals surface area contributed by atoms with Crippen molar-refractivity contribution in [2.45, 2.75) is 52.9 Å². The molecule has 0 radical (unpaired) electrons. The molecule has 2 heterocycles. The number of nitrogens with zero attached hydrogens (tertiary/aromatic N) is 1. The molecule has 1 atom stereocenters. The van der Waals surface area contributed by atoms with E-state index in [-0.39, 0.29) is 17.1 Å². The second kappa shape index (κ2) is 7.23. The molecule has 2 aromatic carbocycles. The predicted molar refractivity (Wildman–Crippen MR) is 125 cm³/mol. The Labute approximate surface area is 183 Å². The number of ketones is 1. The SMILES string of the molecule is CCc1ccc(-c2[nH]nc3c2C(c2ccc(C)cc2)C2=C(CC(C)(C)CC2=O)N3)cc1. The van der Waals surface area contributed by atoms with Crippen LogP contribution in [0.2, 0.25) is 0 Å². The van der Waals surface area contributed by atoms with Crippen LogP contribution in [0.3, 0.4) is 0 Å². The second-order valence-electron chi connectivity index (χ2n) is 9.71. The van der Waals surface area contributed by atoms with E-state index in [2.05, 4.69) is 91.7 Å². The van der Waals surface area contributed by atoms with E-state index in [1.165, 1.54) is 11.1 Å². The average Bonchev–Trinajstić information content (AvgIpc) is 3.15. The number of anilines is 1. The molecule has 0 spiro atoms. The van der Waals surface area contributed by atoms with Gasteiger partial charge < -0.3 is 5.32 Å². The molecule has 0 bridgehead atoms. The van der Waals surface area contributed by atoms with E-state index >= 15 is 0 Å². The fourth-order valence-corrected chi connectivity index (χ4v) is 5.01. The Hall–Kier alpha value is -3.14. The van der Waals surface area contributed by atoms with Gasteiger partial charge in [0.05, 0.1) is 5.69 Å². The van der Waals surface area contributed by atoms with Crippen LogP contribution in [-0.2, 0) is 11.2 Å². The number of H-pyrrole nitrogens is 1. The molecule has 1 aliphatic heterocycles. The molecule has 0 amide bonds. The highest BCUT2D eigenvalue weighted by Gasteiger charge is 2.42. The molecule has 0 fully saturated rings. The number of aromatic nitrogens is 2. The third-order valence-corrected chi connectivity index (χ3v) is 6.63. The Kier molecular flexibility index (Phi) is 4.62. The first-order valence-electron chi connectivity index (χ1n) is 11.1. The zero-order chi connectivity index (χ0) is 21.8. The van der Waals surface area contributed by atoms with Gasteiger partial charge >= 0.3 is 0 Å². The van der Waals surface area contributed by atoms with Crippen LogP contribution in [0.4, 0.5) is 5.82 Å². The zero-order valence-corrected chi connectivity index (χ0v) is 18.7. The van der Waals surface area contributed by atoms with E-state index in [1.807, 2.05) is 0 Å². The summed E-state index contributed by atoms with van der Waals surface area (Å²) in [6.07, 6.45) is 2.43. The summed E-state index contributed by atoms with van der Waals surface area (Å²) in [6, 6.07) is 17.2. The molecule has 4 nitrogen and oxygen atoms in total. The number of carbonyl (C=O) groups excluding carboxylic acids is 1. The Morgan fingerprint density at radius 2 is 1.74 bits per heavy atom. The van der Waals surface area contributed by atoms with Crippen LogP contribution in [0.15, 0.2) is 59.8 Å². The molecular formula is C27H29N3O. The summed E-state index contributed by atoms with van der Waals surface area (Å²) in [4.78, 5) is 13.4. The Bertz CT molecular complexity index is 1180. The maximum Gasteiger partial charge on any atom is 0.162 e. The van der Waals surface area contributed by atoms with Gasteiger partial charge in [-0.05, 0) is 41.9 Å². The van der Waals surface area contributed by atoms with Gasteiger partial charge in [0.25, 0.3) is 0 Å². The lowest BCUT2D eigenvalue weighted by atomic mass is 9.69. The molecule has 1 unspecified atom stereocenters. The van der Waals surface area contributed by atoms with Gasteiger partial charge in [0.1, 0.15) is 0 Å². The molecule has 0 saturated heterocycles. The number of carbonyl (C=O) groups is 1. The number of rotatable bonds is 3. The average molecular weight is 412 g/mol. The summed E-state index contributed by atoms with van der Waals surface area (Å²) in [7, 11) is 0. The number of nitrogens with one attached hydrogen (secondary N) is 2. The van der Waals surface area contributed by atoms with Crippen molar-refractivity contribution >= 4 is 11.6 Å². The lowest BCUT2D eigenvalue weighted by Crippen LogP contribution is -2.33. The zero-order valence-electron chi connectivity index (χ0n) is 18.7. The highest BCUT2D eigenvalue weighted by molar-refractivity contribution is 6.02. The normalized spacial score (nSPS) is 19.6. The maximum absolute atomic E-state index is 13.4. The molecule has 31 heavy (non-hydrogen) atoms. The van der Waals surface area contributed by atoms with E-state index in [0.29, 0.717) is 6.42 Å². The molecule has 2 N–H and O–H groups in total. The monoisotopic (exact) mass is 411 g/mol. The minimum absolute atomic E-state index is 0.0482. The van der Waals surface area contributed by atoms with Gasteiger partial charge in [0, 0.05) is 29.2 Å². The number of allylic oxidation sites excluding steroid dienone is 2. The van der Waals surface area contributed by atoms with Crippen molar-refractivity contribution < 1.29 is 4.79 Å². The molecule has 5 rings (SSSR count). The van der Waals surface area contributed by atoms with Crippen molar-refractivity contribution in [2.75, 3.05) is 5.32 Å². The molecule has 3 aromatic rings. The number of hydrogen-bond donors (Lipinski definition) is 2. The van der Waals surface area contributed by atoms with Crippen LogP contribution in [-0.4, -0.2) is 16.0 Å². The topological polar surface area (TPSA) is 57.8 Å². The van der Waals surface area contributed by atoms with Crippen LogP contribution in [0.25, 0.3) is 11.3 Å². The van der Waals surface area contributed by atoms with Crippen molar-refractivity contribution in [1.29, 1.82) is 0 Å². The van der Waals surface area contributed by atoms with Crippen LogP contribution in [0.5, 0.6) is 0 Å². The fraction of sp³-hybridized carbons (Fsp3) is 0.333. The van der Waals surface area contributed by atoms with Crippen LogP contribution < -0.4 is 5.32 Å². The van der Waals surface area contributed by atoms with Crippen molar-refractivity contribution in [3.8, 4) is 11.3 Å². The predicted octanol–water partition coefficient (Wildman–Crippen LogP) is 6.15. The highest BCUT2D eigenvalue weighted by atomic mass is 16.1. The number of benzene rings is 2. The number of Topliss-reactive ketones (excluding diaryl/α,β-unsaturated/α-hetero) is 1. The highest BCUT2D eigenvalue weighted by Crippen LogP contribution is 2.50. The van der Waals surface area contributed by atoms with Gasteiger partial charge in [-0.2, -0.15) is 5.10 Å². The van der Waals surface area contributed by atoms with Gasteiger partial charge in [-0.3, -0.25) is 9.89 Å². The van der Waals surface area contributed by atoms with E-state index < -0.39 is 0 Å². The molecule has 1 aromatic heterocycles. The first-order valence-corrected chi connectivity index (χ1v) is 11.1. The molecular weight excluding hydrogens is 382 g/mol. The first kappa shape index (κ1) is 19.8. The second-order valence-corrected chi connectivity index (χ2v) is 9.71. The van der Waals surface area contributed by atoms with Crippen LogP contribution >= 0.6 is 0 Å². The molecule has 1 aliphatic carbocycles. The molecule has 158 valence electrons. The summed E-state index contributed by atoms with van der Waals surface area (Å²) < 4.78 is 0.